The standard InChI is InChI=1S/C30H50FN4OP.2C2H6/c1-7-24(30(32)33-9-3)18-22(5)23(6)37-21-26(8-2)35(10-4)27-14-16-34(17-15-27)20-25-12-11-13-28(36)19-29(25)31;2*1-2/h7,11-12,18-19,23,26-27,36-37H,8-10,13-17,20-21H2,1-6H3,(H2,32,33);2*1-2H3/b22-18-,24-7+;;. The Morgan fingerprint density at radius 1 is 1.22 bits per heavy atom. The molecule has 1 aliphatic carbocycles. The third-order valence-electron chi connectivity index (χ3n) is 7.63. The summed E-state index contributed by atoms with van der Waals surface area (Å²) < 4.78 is 14.4. The number of aliphatic hydroxyl groups is 1. The van der Waals surface area contributed by atoms with E-state index in [0.29, 0.717) is 48.7 Å². The Morgan fingerprint density at radius 3 is 2.39 bits per heavy atom. The van der Waals surface area contributed by atoms with E-state index in [4.69, 9.17) is 5.73 Å². The van der Waals surface area contributed by atoms with Crippen molar-refractivity contribution in [2.45, 2.75) is 113 Å². The van der Waals surface area contributed by atoms with Gasteiger partial charge in [0.05, 0.1) is 5.76 Å². The van der Waals surface area contributed by atoms with E-state index < -0.39 is 0 Å². The normalized spacial score (nSPS) is 19.4. The van der Waals surface area contributed by atoms with Crippen LogP contribution >= 0.6 is 8.58 Å². The van der Waals surface area contributed by atoms with Crippen LogP contribution in [-0.4, -0.2) is 77.4 Å². The average molecular weight is 593 g/mol. The molecule has 2 aliphatic rings. The highest BCUT2D eigenvalue weighted by molar-refractivity contribution is 7.39. The van der Waals surface area contributed by atoms with Crippen LogP contribution < -0.4 is 5.73 Å². The van der Waals surface area contributed by atoms with Crippen molar-refractivity contribution in [1.29, 1.82) is 0 Å². The van der Waals surface area contributed by atoms with Crippen molar-refractivity contribution in [3.8, 4) is 0 Å². The molecule has 3 N–H and O–H groups in total. The van der Waals surface area contributed by atoms with Gasteiger partial charge in [0.2, 0.25) is 0 Å². The Balaban J connectivity index is 0.00000382. The second-order valence-corrected chi connectivity index (χ2v) is 11.8. The van der Waals surface area contributed by atoms with Crippen LogP contribution in [-0.2, 0) is 0 Å². The molecule has 0 radical (unpaired) electrons. The molecule has 1 saturated heterocycles. The van der Waals surface area contributed by atoms with Crippen molar-refractivity contribution in [2.75, 3.05) is 38.9 Å². The van der Waals surface area contributed by atoms with Crippen LogP contribution in [0.5, 0.6) is 0 Å². The zero-order chi connectivity index (χ0) is 31.4. The fourth-order valence-corrected chi connectivity index (χ4v) is 6.75. The molecule has 0 aromatic rings. The quantitative estimate of drug-likeness (QED) is 0.0973. The van der Waals surface area contributed by atoms with E-state index in [9.17, 15) is 9.50 Å². The fraction of sp³-hybridized carbons (Fsp3) is 0.676. The lowest BCUT2D eigenvalue weighted by Crippen LogP contribution is -2.49. The number of likely N-dealkylation sites (tertiary alicyclic amines) is 1. The van der Waals surface area contributed by atoms with E-state index in [2.05, 4.69) is 48.6 Å². The van der Waals surface area contributed by atoms with Gasteiger partial charge in [-0.05, 0) is 71.5 Å². The Bertz CT molecular complexity index is 914. The lowest BCUT2D eigenvalue weighted by Gasteiger charge is -2.42. The van der Waals surface area contributed by atoms with Crippen LogP contribution in [0.15, 0.2) is 63.7 Å². The van der Waals surface area contributed by atoms with E-state index in [1.54, 1.807) is 0 Å². The number of rotatable bonds is 13. The Morgan fingerprint density at radius 2 is 1.85 bits per heavy atom. The molecule has 3 unspecified atom stereocenters. The van der Waals surface area contributed by atoms with Crippen molar-refractivity contribution in [1.82, 2.24) is 9.80 Å². The van der Waals surface area contributed by atoms with Crippen molar-refractivity contribution in [2.24, 2.45) is 10.7 Å². The van der Waals surface area contributed by atoms with Gasteiger partial charge in [0.15, 0.2) is 0 Å². The predicted octanol–water partition coefficient (Wildman–Crippen LogP) is 8.57. The molecule has 0 bridgehead atoms. The van der Waals surface area contributed by atoms with Gasteiger partial charge >= 0.3 is 0 Å². The molecule has 1 fully saturated rings. The maximum Gasteiger partial charge on any atom is 0.131 e. The van der Waals surface area contributed by atoms with Gasteiger partial charge in [-0.15, -0.1) is 8.58 Å². The van der Waals surface area contributed by atoms with Gasteiger partial charge in [0.25, 0.3) is 0 Å². The minimum Gasteiger partial charge on any atom is -0.512 e. The molecule has 41 heavy (non-hydrogen) atoms. The van der Waals surface area contributed by atoms with Crippen LogP contribution in [0.1, 0.15) is 94.9 Å². The molecule has 1 heterocycles. The molecule has 0 amide bonds. The van der Waals surface area contributed by atoms with Crippen LogP contribution in [0.25, 0.3) is 0 Å². The van der Waals surface area contributed by atoms with Crippen molar-refractivity contribution in [3.63, 3.8) is 0 Å². The summed E-state index contributed by atoms with van der Waals surface area (Å²) in [6.07, 6.45) is 14.2. The molecule has 236 valence electrons. The van der Waals surface area contributed by atoms with Crippen LogP contribution in [0.2, 0.25) is 0 Å². The third kappa shape index (κ3) is 13.8. The SMILES string of the molecule is C/C=C(\C=C(\C)C(C)PCC(CC)N(CC)C1CCN(CC2=C(F)C=C(O)CC=C2)CC1)C(N)=NCC.CC.CC. The molecular formula is C34H62FN4OP. The third-order valence-corrected chi connectivity index (χ3v) is 9.41. The minimum absolute atomic E-state index is 0.0871. The highest BCUT2D eigenvalue weighted by Gasteiger charge is 2.28. The van der Waals surface area contributed by atoms with Crippen molar-refractivity contribution in [3.05, 3.63) is 58.7 Å². The topological polar surface area (TPSA) is 65.1 Å². The average Bonchev–Trinajstić information content (AvgIpc) is 3.15. The number of halogens is 1. The second kappa shape index (κ2) is 22.8. The highest BCUT2D eigenvalue weighted by atomic mass is 31.1. The van der Waals surface area contributed by atoms with Gasteiger partial charge < -0.3 is 10.8 Å². The summed E-state index contributed by atoms with van der Waals surface area (Å²) in [5.74, 6) is 0.401. The largest absolute Gasteiger partial charge is 0.512 e. The second-order valence-electron chi connectivity index (χ2n) is 10.1. The van der Waals surface area contributed by atoms with E-state index in [1.807, 2.05) is 59.8 Å². The summed E-state index contributed by atoms with van der Waals surface area (Å²) >= 11 is 0. The molecule has 0 saturated carbocycles. The minimum atomic E-state index is -0.309. The summed E-state index contributed by atoms with van der Waals surface area (Å²) in [4.78, 5) is 9.45. The van der Waals surface area contributed by atoms with Crippen LogP contribution in [0.4, 0.5) is 4.39 Å². The Labute approximate surface area is 254 Å². The Kier molecular flexibility index (Phi) is 21.8. The van der Waals surface area contributed by atoms with Gasteiger partial charge in [-0.1, -0.05) is 78.3 Å². The molecule has 0 spiro atoms. The predicted molar refractivity (Wildman–Crippen MR) is 184 cm³/mol. The molecular weight excluding hydrogens is 530 g/mol. The maximum absolute atomic E-state index is 14.4. The highest BCUT2D eigenvalue weighted by Crippen LogP contribution is 2.31. The van der Waals surface area contributed by atoms with Gasteiger partial charge in [-0.3, -0.25) is 14.8 Å². The molecule has 0 aromatic carbocycles. The summed E-state index contributed by atoms with van der Waals surface area (Å²) in [7, 11) is 0.862. The van der Waals surface area contributed by atoms with Crippen molar-refractivity contribution >= 4 is 14.4 Å². The van der Waals surface area contributed by atoms with E-state index in [-0.39, 0.29) is 11.6 Å². The molecule has 7 heteroatoms. The van der Waals surface area contributed by atoms with Gasteiger partial charge in [-0.2, -0.15) is 0 Å². The number of nitrogens with zero attached hydrogens (tertiary/aromatic N) is 3. The zero-order valence-electron chi connectivity index (χ0n) is 27.9. The summed E-state index contributed by atoms with van der Waals surface area (Å²) in [6.45, 7) is 25.5. The number of piperidine rings is 1. The zero-order valence-corrected chi connectivity index (χ0v) is 28.9. The molecule has 3 atom stereocenters. The van der Waals surface area contributed by atoms with Crippen LogP contribution in [0.3, 0.4) is 0 Å². The molecule has 1 aliphatic heterocycles. The first kappa shape index (κ1) is 39.2. The van der Waals surface area contributed by atoms with Crippen molar-refractivity contribution < 1.29 is 9.50 Å². The number of hydrogen-bond acceptors (Lipinski definition) is 4. The molecule has 0 aromatic heterocycles. The summed E-state index contributed by atoms with van der Waals surface area (Å²) in [5.41, 5.74) is 9.72. The fourth-order valence-electron chi connectivity index (χ4n) is 5.20. The van der Waals surface area contributed by atoms with Gasteiger partial charge in [-0.25, -0.2) is 4.39 Å². The number of hydrogen-bond donors (Lipinski definition) is 2. The number of nitrogens with two attached hydrogens (primary N) is 1. The summed E-state index contributed by atoms with van der Waals surface area (Å²) in [6, 6.07) is 1.16. The monoisotopic (exact) mass is 592 g/mol. The van der Waals surface area contributed by atoms with Gasteiger partial charge in [0, 0.05) is 48.8 Å². The number of amidine groups is 1. The smallest absolute Gasteiger partial charge is 0.131 e. The molecule has 2 rings (SSSR count). The first-order valence-corrected chi connectivity index (χ1v) is 17.3. The maximum atomic E-state index is 14.4. The first-order valence-electron chi connectivity index (χ1n) is 16.0. The lowest BCUT2D eigenvalue weighted by molar-refractivity contribution is 0.0870. The van der Waals surface area contributed by atoms with E-state index in [0.717, 1.165) is 53.1 Å². The van der Waals surface area contributed by atoms with Crippen LogP contribution in [0, 0.1) is 0 Å². The number of allylic oxidation sites excluding steroid dienone is 5. The van der Waals surface area contributed by atoms with E-state index >= 15 is 0 Å². The molecule has 5 nitrogen and oxygen atoms in total. The Hall–Kier alpha value is -1.75. The number of aliphatic hydroxyl groups excluding tert-OH is 1. The van der Waals surface area contributed by atoms with Gasteiger partial charge in [0.1, 0.15) is 11.7 Å². The first-order chi connectivity index (χ1) is 19.7. The van der Waals surface area contributed by atoms with E-state index in [1.165, 1.54) is 17.8 Å². The summed E-state index contributed by atoms with van der Waals surface area (Å²) in [5, 5.41) is 9.68. The number of aliphatic imine (C=N–C) groups is 1. The lowest BCUT2D eigenvalue weighted by atomic mass is 10.00.